The average molecular weight is 258 g/mol. The molecular formula is C14H34N4. The first-order valence-electron chi connectivity index (χ1n) is 7.69. The summed E-state index contributed by atoms with van der Waals surface area (Å²) < 4.78 is 0. The Balaban J connectivity index is 3.03. The molecule has 18 heavy (non-hydrogen) atoms. The van der Waals surface area contributed by atoms with Crippen LogP contribution in [0, 0.1) is 0 Å². The van der Waals surface area contributed by atoms with Crippen molar-refractivity contribution in [1.82, 2.24) is 15.5 Å². The van der Waals surface area contributed by atoms with Crippen molar-refractivity contribution in [2.24, 2.45) is 5.73 Å². The zero-order chi connectivity index (χ0) is 13.5. The molecule has 0 aromatic carbocycles. The Hall–Kier alpha value is -0.160. The molecule has 0 rings (SSSR count). The highest BCUT2D eigenvalue weighted by Crippen LogP contribution is 1.90. The monoisotopic (exact) mass is 258 g/mol. The van der Waals surface area contributed by atoms with Crippen LogP contribution in [0.4, 0.5) is 0 Å². The Bertz CT molecular complexity index is 149. The lowest BCUT2D eigenvalue weighted by atomic mass is 10.3. The lowest BCUT2D eigenvalue weighted by molar-refractivity contribution is 0.298. The van der Waals surface area contributed by atoms with Crippen LogP contribution in [0.1, 0.15) is 39.5 Å². The minimum atomic E-state index is 0.793. The van der Waals surface area contributed by atoms with E-state index in [2.05, 4.69) is 29.4 Å². The van der Waals surface area contributed by atoms with Gasteiger partial charge in [-0.15, -0.1) is 0 Å². The van der Waals surface area contributed by atoms with Crippen LogP contribution in [0.25, 0.3) is 0 Å². The summed E-state index contributed by atoms with van der Waals surface area (Å²) in [5.74, 6) is 0. The van der Waals surface area contributed by atoms with Gasteiger partial charge in [0.25, 0.3) is 0 Å². The molecule has 0 aliphatic carbocycles. The third kappa shape index (κ3) is 12.3. The molecule has 0 bridgehead atoms. The van der Waals surface area contributed by atoms with Crippen LogP contribution in [0.5, 0.6) is 0 Å². The first-order valence-corrected chi connectivity index (χ1v) is 7.69. The molecule has 0 heterocycles. The summed E-state index contributed by atoms with van der Waals surface area (Å²) in [5, 5.41) is 6.92. The highest BCUT2D eigenvalue weighted by molar-refractivity contribution is 4.56. The molecule has 0 aliphatic rings. The molecule has 0 unspecified atom stereocenters. The van der Waals surface area contributed by atoms with E-state index in [0.29, 0.717) is 0 Å². The van der Waals surface area contributed by atoms with Gasteiger partial charge in [0, 0.05) is 0 Å². The Labute approximate surface area is 114 Å². The molecular weight excluding hydrogens is 224 g/mol. The quantitative estimate of drug-likeness (QED) is 0.407. The van der Waals surface area contributed by atoms with Crippen molar-refractivity contribution in [3.63, 3.8) is 0 Å². The standard InChI is InChI=1S/C14H34N4/c1-3-18(4-2)14-8-13-17-11-6-5-10-16-12-7-9-15/h16-17H,3-15H2,1-2H3. The number of hydrogen-bond donors (Lipinski definition) is 3. The van der Waals surface area contributed by atoms with E-state index in [1.165, 1.54) is 38.9 Å². The number of hydrogen-bond acceptors (Lipinski definition) is 4. The highest BCUT2D eigenvalue weighted by Gasteiger charge is 1.97. The summed E-state index contributed by atoms with van der Waals surface area (Å²) in [5.41, 5.74) is 5.43. The van der Waals surface area contributed by atoms with Crippen molar-refractivity contribution in [3.8, 4) is 0 Å². The van der Waals surface area contributed by atoms with Crippen LogP contribution < -0.4 is 16.4 Å². The van der Waals surface area contributed by atoms with Gasteiger partial charge in [-0.3, -0.25) is 0 Å². The molecule has 0 aliphatic heterocycles. The second-order valence-corrected chi connectivity index (χ2v) is 4.73. The fourth-order valence-corrected chi connectivity index (χ4v) is 1.94. The highest BCUT2D eigenvalue weighted by atomic mass is 15.1. The van der Waals surface area contributed by atoms with Crippen LogP contribution in [0.2, 0.25) is 0 Å². The third-order valence-corrected chi connectivity index (χ3v) is 3.24. The van der Waals surface area contributed by atoms with E-state index >= 15 is 0 Å². The minimum Gasteiger partial charge on any atom is -0.330 e. The van der Waals surface area contributed by atoms with Gasteiger partial charge < -0.3 is 21.3 Å². The smallest absolute Gasteiger partial charge is 0.000687 e. The average Bonchev–Trinajstić information content (AvgIpc) is 2.40. The second-order valence-electron chi connectivity index (χ2n) is 4.73. The minimum absolute atomic E-state index is 0.793. The molecule has 0 saturated carbocycles. The van der Waals surface area contributed by atoms with Crippen molar-refractivity contribution >= 4 is 0 Å². The van der Waals surface area contributed by atoms with E-state index in [1.807, 2.05) is 0 Å². The molecule has 4 N–H and O–H groups in total. The summed E-state index contributed by atoms with van der Waals surface area (Å²) >= 11 is 0. The third-order valence-electron chi connectivity index (χ3n) is 3.24. The maximum atomic E-state index is 5.43. The Morgan fingerprint density at radius 3 is 1.78 bits per heavy atom. The van der Waals surface area contributed by atoms with Gasteiger partial charge in [0.2, 0.25) is 0 Å². The van der Waals surface area contributed by atoms with E-state index in [0.717, 1.165) is 39.1 Å². The molecule has 0 spiro atoms. The zero-order valence-corrected chi connectivity index (χ0v) is 12.5. The molecule has 0 fully saturated rings. The first kappa shape index (κ1) is 17.8. The predicted molar refractivity (Wildman–Crippen MR) is 81.0 cm³/mol. The summed E-state index contributed by atoms with van der Waals surface area (Å²) in [6.07, 6.45) is 4.87. The summed E-state index contributed by atoms with van der Waals surface area (Å²) in [6.45, 7) is 13.3. The van der Waals surface area contributed by atoms with Crippen LogP contribution in [-0.4, -0.2) is 57.3 Å². The van der Waals surface area contributed by atoms with Gasteiger partial charge in [0.15, 0.2) is 0 Å². The largest absolute Gasteiger partial charge is 0.330 e. The number of nitrogens with two attached hydrogens (primary N) is 1. The van der Waals surface area contributed by atoms with Crippen LogP contribution in [-0.2, 0) is 0 Å². The number of unbranched alkanes of at least 4 members (excludes halogenated alkanes) is 1. The number of rotatable bonds is 14. The molecule has 0 aromatic heterocycles. The van der Waals surface area contributed by atoms with E-state index < -0.39 is 0 Å². The van der Waals surface area contributed by atoms with Gasteiger partial charge in [-0.05, 0) is 78.0 Å². The summed E-state index contributed by atoms with van der Waals surface area (Å²) in [6, 6.07) is 0. The SMILES string of the molecule is CCN(CC)CCCNCCCCNCCCN. The van der Waals surface area contributed by atoms with Crippen LogP contribution in [0.3, 0.4) is 0 Å². The maximum absolute atomic E-state index is 5.43. The molecule has 0 amide bonds. The lowest BCUT2D eigenvalue weighted by Gasteiger charge is -2.17. The number of nitrogens with zero attached hydrogens (tertiary/aromatic N) is 1. The molecule has 0 radical (unpaired) electrons. The first-order chi connectivity index (χ1) is 8.85. The van der Waals surface area contributed by atoms with Crippen molar-refractivity contribution < 1.29 is 0 Å². The summed E-state index contributed by atoms with van der Waals surface area (Å²) in [4.78, 5) is 2.48. The van der Waals surface area contributed by atoms with Gasteiger partial charge in [-0.2, -0.15) is 0 Å². The molecule has 110 valence electrons. The van der Waals surface area contributed by atoms with Gasteiger partial charge >= 0.3 is 0 Å². The van der Waals surface area contributed by atoms with Crippen molar-refractivity contribution in [2.75, 3.05) is 52.4 Å². The molecule has 4 nitrogen and oxygen atoms in total. The predicted octanol–water partition coefficient (Wildman–Crippen LogP) is 1.03. The molecule has 0 atom stereocenters. The van der Waals surface area contributed by atoms with Gasteiger partial charge in [0.05, 0.1) is 0 Å². The molecule has 4 heteroatoms. The fraction of sp³-hybridized carbons (Fsp3) is 1.00. The van der Waals surface area contributed by atoms with E-state index in [9.17, 15) is 0 Å². The van der Waals surface area contributed by atoms with E-state index in [4.69, 9.17) is 5.73 Å². The normalized spacial score (nSPS) is 11.3. The Morgan fingerprint density at radius 1 is 0.778 bits per heavy atom. The van der Waals surface area contributed by atoms with Gasteiger partial charge in [-0.25, -0.2) is 0 Å². The lowest BCUT2D eigenvalue weighted by Crippen LogP contribution is -2.27. The van der Waals surface area contributed by atoms with Crippen molar-refractivity contribution in [3.05, 3.63) is 0 Å². The Morgan fingerprint density at radius 2 is 1.28 bits per heavy atom. The molecule has 0 aromatic rings. The van der Waals surface area contributed by atoms with E-state index in [-0.39, 0.29) is 0 Å². The zero-order valence-electron chi connectivity index (χ0n) is 12.5. The van der Waals surface area contributed by atoms with Crippen LogP contribution >= 0.6 is 0 Å². The second kappa shape index (κ2) is 14.9. The topological polar surface area (TPSA) is 53.3 Å². The van der Waals surface area contributed by atoms with Gasteiger partial charge in [-0.1, -0.05) is 13.8 Å². The fourth-order valence-electron chi connectivity index (χ4n) is 1.94. The van der Waals surface area contributed by atoms with Crippen LogP contribution in [0.15, 0.2) is 0 Å². The van der Waals surface area contributed by atoms with Gasteiger partial charge in [0.1, 0.15) is 0 Å². The van der Waals surface area contributed by atoms with E-state index in [1.54, 1.807) is 0 Å². The van der Waals surface area contributed by atoms with Crippen molar-refractivity contribution in [1.29, 1.82) is 0 Å². The number of nitrogens with one attached hydrogen (secondary N) is 2. The Kier molecular flexibility index (Phi) is 14.8. The maximum Gasteiger partial charge on any atom is -0.000687 e. The van der Waals surface area contributed by atoms with Crippen molar-refractivity contribution in [2.45, 2.75) is 39.5 Å². The summed E-state index contributed by atoms with van der Waals surface area (Å²) in [7, 11) is 0. The molecule has 0 saturated heterocycles.